The van der Waals surface area contributed by atoms with Gasteiger partial charge >= 0.3 is 0 Å². The Balaban J connectivity index is 2.47. The second-order valence-corrected chi connectivity index (χ2v) is 6.96. The first-order valence-electron chi connectivity index (χ1n) is 4.74. The molecule has 0 fully saturated rings. The molecule has 0 atom stereocenters. The molecule has 0 aliphatic heterocycles. The van der Waals surface area contributed by atoms with Crippen LogP contribution in [0.25, 0.3) is 0 Å². The molecule has 17 heavy (non-hydrogen) atoms. The van der Waals surface area contributed by atoms with Crippen LogP contribution < -0.4 is 0 Å². The molecule has 0 N–H and O–H groups in total. The van der Waals surface area contributed by atoms with Crippen molar-refractivity contribution < 1.29 is 9.18 Å². The largest absolute Gasteiger partial charge is 0.289 e. The first-order chi connectivity index (χ1) is 7.99. The summed E-state index contributed by atoms with van der Waals surface area (Å²) in [4.78, 5) is 13.2. The number of hydrogen-bond donors (Lipinski definition) is 0. The molecular weight excluding hydrogens is 371 g/mol. The van der Waals surface area contributed by atoms with E-state index in [1.807, 2.05) is 6.92 Å². The van der Waals surface area contributed by atoms with Gasteiger partial charge in [-0.2, -0.15) is 0 Å². The van der Waals surface area contributed by atoms with Crippen LogP contribution in [-0.4, -0.2) is 5.78 Å². The van der Waals surface area contributed by atoms with Crippen LogP contribution in [0.1, 0.15) is 20.8 Å². The molecule has 0 unspecified atom stereocenters. The minimum Gasteiger partial charge on any atom is -0.289 e. The van der Waals surface area contributed by atoms with E-state index in [4.69, 9.17) is 0 Å². The SMILES string of the molecule is Cc1sc(Br)cc1C(=O)c1ccc(F)cc1Br. The zero-order chi connectivity index (χ0) is 12.6. The van der Waals surface area contributed by atoms with Gasteiger partial charge in [0.2, 0.25) is 0 Å². The lowest BCUT2D eigenvalue weighted by atomic mass is 10.0. The average molecular weight is 378 g/mol. The Bertz CT molecular complexity index is 592. The van der Waals surface area contributed by atoms with Crippen LogP contribution in [0.5, 0.6) is 0 Å². The fourth-order valence-corrected chi connectivity index (χ4v) is 3.71. The molecule has 0 bridgehead atoms. The molecule has 2 rings (SSSR count). The maximum absolute atomic E-state index is 13.0. The minimum atomic E-state index is -0.364. The lowest BCUT2D eigenvalue weighted by molar-refractivity contribution is 0.103. The van der Waals surface area contributed by atoms with Crippen molar-refractivity contribution in [3.8, 4) is 0 Å². The number of thiophene rings is 1. The van der Waals surface area contributed by atoms with Crippen LogP contribution in [0.3, 0.4) is 0 Å². The third kappa shape index (κ3) is 2.67. The van der Waals surface area contributed by atoms with Crippen LogP contribution in [0.15, 0.2) is 32.5 Å². The normalized spacial score (nSPS) is 10.6. The fourth-order valence-electron chi connectivity index (χ4n) is 1.49. The standard InChI is InChI=1S/C12H7Br2FOS/c1-6-9(5-11(14)17-6)12(16)8-3-2-7(15)4-10(8)13/h2-5H,1H3. The van der Waals surface area contributed by atoms with Crippen LogP contribution in [-0.2, 0) is 0 Å². The van der Waals surface area contributed by atoms with Crippen molar-refractivity contribution in [3.63, 3.8) is 0 Å². The molecule has 0 aliphatic rings. The molecule has 0 radical (unpaired) electrons. The average Bonchev–Trinajstić information content (AvgIpc) is 2.57. The summed E-state index contributed by atoms with van der Waals surface area (Å²) in [6.07, 6.45) is 0. The molecule has 0 aliphatic carbocycles. The maximum Gasteiger partial charge on any atom is 0.195 e. The molecule has 1 aromatic heterocycles. The molecule has 88 valence electrons. The minimum absolute atomic E-state index is 0.101. The van der Waals surface area contributed by atoms with Crippen molar-refractivity contribution in [1.29, 1.82) is 0 Å². The summed E-state index contributed by atoms with van der Waals surface area (Å²) in [5.74, 6) is -0.465. The lowest BCUT2D eigenvalue weighted by Gasteiger charge is -2.03. The van der Waals surface area contributed by atoms with Gasteiger partial charge in [-0.3, -0.25) is 4.79 Å². The topological polar surface area (TPSA) is 17.1 Å². The second-order valence-electron chi connectivity index (χ2n) is 3.47. The number of aryl methyl sites for hydroxylation is 1. The molecule has 1 aromatic carbocycles. The Kier molecular flexibility index (Phi) is 3.80. The number of hydrogen-bond acceptors (Lipinski definition) is 2. The molecule has 5 heteroatoms. The van der Waals surface area contributed by atoms with Crippen molar-refractivity contribution in [2.75, 3.05) is 0 Å². The summed E-state index contributed by atoms with van der Waals surface area (Å²) in [6.45, 7) is 1.89. The van der Waals surface area contributed by atoms with Crippen molar-refractivity contribution in [3.05, 3.63) is 54.3 Å². The number of carbonyl (C=O) groups excluding carboxylic acids is 1. The molecule has 0 saturated heterocycles. The van der Waals surface area contributed by atoms with E-state index in [-0.39, 0.29) is 11.6 Å². The Labute approximate surface area is 119 Å². The van der Waals surface area contributed by atoms with Gasteiger partial charge in [0.05, 0.1) is 3.79 Å². The van der Waals surface area contributed by atoms with Gasteiger partial charge in [0.1, 0.15) is 5.82 Å². The summed E-state index contributed by atoms with van der Waals surface area (Å²) in [6, 6.07) is 5.86. The number of carbonyl (C=O) groups is 1. The second kappa shape index (κ2) is 5.00. The number of ketones is 1. The maximum atomic E-state index is 13.0. The van der Waals surface area contributed by atoms with Crippen molar-refractivity contribution in [2.24, 2.45) is 0 Å². The molecule has 0 spiro atoms. The number of halogens is 3. The van der Waals surface area contributed by atoms with Gasteiger partial charge in [-0.1, -0.05) is 0 Å². The Morgan fingerprint density at radius 2 is 1.94 bits per heavy atom. The zero-order valence-corrected chi connectivity index (χ0v) is 12.7. The van der Waals surface area contributed by atoms with Gasteiger partial charge in [-0.15, -0.1) is 11.3 Å². The van der Waals surface area contributed by atoms with E-state index in [0.717, 1.165) is 8.66 Å². The molecule has 1 heterocycles. The summed E-state index contributed by atoms with van der Waals surface area (Å²) >= 11 is 8.06. The Morgan fingerprint density at radius 1 is 1.24 bits per heavy atom. The molecular formula is C12H7Br2FOS. The summed E-state index contributed by atoms with van der Waals surface area (Å²) in [5.41, 5.74) is 1.12. The van der Waals surface area contributed by atoms with Crippen LogP contribution >= 0.6 is 43.2 Å². The van der Waals surface area contributed by atoms with Gasteiger partial charge < -0.3 is 0 Å². The molecule has 2 aromatic rings. The highest BCUT2D eigenvalue weighted by atomic mass is 79.9. The van der Waals surface area contributed by atoms with E-state index < -0.39 is 0 Å². The first-order valence-corrected chi connectivity index (χ1v) is 7.15. The smallest absolute Gasteiger partial charge is 0.195 e. The third-order valence-corrected chi connectivity index (χ3v) is 4.52. The van der Waals surface area contributed by atoms with E-state index in [2.05, 4.69) is 31.9 Å². The quantitative estimate of drug-likeness (QED) is 0.676. The highest BCUT2D eigenvalue weighted by Gasteiger charge is 2.17. The monoisotopic (exact) mass is 376 g/mol. The van der Waals surface area contributed by atoms with Gasteiger partial charge in [0.25, 0.3) is 0 Å². The van der Waals surface area contributed by atoms with E-state index in [1.165, 1.54) is 29.5 Å². The van der Waals surface area contributed by atoms with E-state index in [0.29, 0.717) is 15.6 Å². The highest BCUT2D eigenvalue weighted by Crippen LogP contribution is 2.30. The zero-order valence-electron chi connectivity index (χ0n) is 8.76. The van der Waals surface area contributed by atoms with Crippen LogP contribution in [0.4, 0.5) is 4.39 Å². The molecule has 1 nitrogen and oxygen atoms in total. The number of benzene rings is 1. The molecule has 0 saturated carbocycles. The summed E-state index contributed by atoms with van der Waals surface area (Å²) < 4.78 is 14.3. The Morgan fingerprint density at radius 3 is 2.47 bits per heavy atom. The summed E-state index contributed by atoms with van der Waals surface area (Å²) in [7, 11) is 0. The van der Waals surface area contributed by atoms with E-state index in [9.17, 15) is 9.18 Å². The Hall–Kier alpha value is -0.520. The van der Waals surface area contributed by atoms with Gasteiger partial charge in [0, 0.05) is 20.5 Å². The predicted molar refractivity (Wildman–Crippen MR) is 74.3 cm³/mol. The van der Waals surface area contributed by atoms with E-state index >= 15 is 0 Å². The molecule has 0 amide bonds. The van der Waals surface area contributed by atoms with Gasteiger partial charge in [-0.05, 0) is 63.0 Å². The number of rotatable bonds is 2. The highest BCUT2D eigenvalue weighted by molar-refractivity contribution is 9.11. The van der Waals surface area contributed by atoms with Crippen LogP contribution in [0, 0.1) is 12.7 Å². The van der Waals surface area contributed by atoms with Crippen molar-refractivity contribution in [2.45, 2.75) is 6.92 Å². The summed E-state index contributed by atoms with van der Waals surface area (Å²) in [5, 5.41) is 0. The lowest BCUT2D eigenvalue weighted by Crippen LogP contribution is -2.02. The van der Waals surface area contributed by atoms with E-state index in [1.54, 1.807) is 6.07 Å². The van der Waals surface area contributed by atoms with Crippen molar-refractivity contribution >= 4 is 49.0 Å². The van der Waals surface area contributed by atoms with Crippen LogP contribution in [0.2, 0.25) is 0 Å². The van der Waals surface area contributed by atoms with Gasteiger partial charge in [-0.25, -0.2) is 4.39 Å². The first kappa shape index (κ1) is 12.9. The van der Waals surface area contributed by atoms with Gasteiger partial charge in [0.15, 0.2) is 5.78 Å². The predicted octanol–water partition coefficient (Wildman–Crippen LogP) is 4.95. The van der Waals surface area contributed by atoms with Crippen molar-refractivity contribution in [1.82, 2.24) is 0 Å². The third-order valence-electron chi connectivity index (χ3n) is 2.31. The fraction of sp³-hybridized carbons (Fsp3) is 0.0833.